The van der Waals surface area contributed by atoms with E-state index in [0.29, 0.717) is 11.2 Å². The topological polar surface area (TPSA) is 63.8 Å². The Kier molecular flexibility index (Phi) is 2.98. The first-order valence-electron chi connectivity index (χ1n) is 4.38. The number of nitrogens with two attached hydrogens (primary N) is 1. The van der Waals surface area contributed by atoms with Gasteiger partial charge in [-0.2, -0.15) is 16.7 Å². The average molecular weight is 231 g/mol. The van der Waals surface area contributed by atoms with Crippen molar-refractivity contribution in [2.24, 2.45) is 0 Å². The van der Waals surface area contributed by atoms with Crippen molar-refractivity contribution in [1.29, 1.82) is 0 Å². The Labute approximate surface area is 91.6 Å². The highest BCUT2D eigenvalue weighted by Gasteiger charge is 2.15. The Morgan fingerprint density at radius 3 is 3.07 bits per heavy atom. The largest absolute Gasteiger partial charge is 0.368 e. The van der Waals surface area contributed by atoms with Crippen LogP contribution in [0.25, 0.3) is 0 Å². The zero-order chi connectivity index (χ0) is 9.97. The molecule has 1 fully saturated rings. The van der Waals surface area contributed by atoms with E-state index in [1.165, 1.54) is 5.75 Å². The Balaban J connectivity index is 2.07. The van der Waals surface area contributed by atoms with Crippen LogP contribution in [0.15, 0.2) is 6.07 Å². The number of nitrogens with zero attached hydrogens (tertiary/aromatic N) is 2. The van der Waals surface area contributed by atoms with Crippen LogP contribution >= 0.6 is 23.4 Å². The molecule has 1 aromatic heterocycles. The van der Waals surface area contributed by atoms with Crippen LogP contribution in [-0.2, 0) is 0 Å². The molecule has 0 saturated carbocycles. The third kappa shape index (κ3) is 2.42. The molecule has 3 N–H and O–H groups in total. The first-order valence-corrected chi connectivity index (χ1v) is 5.91. The van der Waals surface area contributed by atoms with Crippen LogP contribution in [0, 0.1) is 0 Å². The van der Waals surface area contributed by atoms with Crippen molar-refractivity contribution in [1.82, 2.24) is 9.97 Å². The van der Waals surface area contributed by atoms with Crippen molar-refractivity contribution in [3.63, 3.8) is 0 Å². The van der Waals surface area contributed by atoms with E-state index in [1.807, 2.05) is 11.8 Å². The molecule has 1 aliphatic heterocycles. The van der Waals surface area contributed by atoms with Crippen molar-refractivity contribution in [2.75, 3.05) is 22.6 Å². The number of hydrogen-bond donors (Lipinski definition) is 2. The van der Waals surface area contributed by atoms with E-state index in [-0.39, 0.29) is 5.95 Å². The molecule has 2 heterocycles. The first kappa shape index (κ1) is 9.86. The molecule has 0 amide bonds. The van der Waals surface area contributed by atoms with Gasteiger partial charge in [-0.25, -0.2) is 4.98 Å². The highest BCUT2D eigenvalue weighted by molar-refractivity contribution is 7.99. The molecule has 4 nitrogen and oxygen atoms in total. The van der Waals surface area contributed by atoms with Crippen molar-refractivity contribution in [3.05, 3.63) is 11.2 Å². The lowest BCUT2D eigenvalue weighted by atomic mass is 10.2. The van der Waals surface area contributed by atoms with Crippen LogP contribution in [0.5, 0.6) is 0 Å². The number of aromatic nitrogens is 2. The smallest absolute Gasteiger partial charge is 0.223 e. The van der Waals surface area contributed by atoms with Crippen LogP contribution in [0.2, 0.25) is 5.15 Å². The van der Waals surface area contributed by atoms with E-state index in [4.69, 9.17) is 17.3 Å². The SMILES string of the molecule is Nc1nc(Cl)cc(NC2CCSC2)n1. The molecule has 6 heteroatoms. The van der Waals surface area contributed by atoms with Crippen molar-refractivity contribution < 1.29 is 0 Å². The summed E-state index contributed by atoms with van der Waals surface area (Å²) in [5.74, 6) is 3.24. The van der Waals surface area contributed by atoms with Gasteiger partial charge in [0.25, 0.3) is 0 Å². The third-order valence-corrected chi connectivity index (χ3v) is 3.35. The molecule has 0 radical (unpaired) electrons. The van der Waals surface area contributed by atoms with E-state index in [1.54, 1.807) is 6.07 Å². The number of nitrogen functional groups attached to an aromatic ring is 1. The highest BCUT2D eigenvalue weighted by Crippen LogP contribution is 2.21. The minimum absolute atomic E-state index is 0.214. The van der Waals surface area contributed by atoms with Gasteiger partial charge in [0.05, 0.1) is 0 Å². The van der Waals surface area contributed by atoms with E-state index in [0.717, 1.165) is 18.0 Å². The minimum Gasteiger partial charge on any atom is -0.368 e. The standard InChI is InChI=1S/C8H11ClN4S/c9-6-3-7(13-8(10)12-6)11-5-1-2-14-4-5/h3,5H,1-2,4H2,(H3,10,11,12,13). The summed E-state index contributed by atoms with van der Waals surface area (Å²) in [5.41, 5.74) is 5.48. The second-order valence-electron chi connectivity index (χ2n) is 3.14. The lowest BCUT2D eigenvalue weighted by molar-refractivity contribution is 0.806. The van der Waals surface area contributed by atoms with Crippen molar-refractivity contribution >= 4 is 35.1 Å². The Bertz CT molecular complexity index is 307. The summed E-state index contributed by atoms with van der Waals surface area (Å²) < 4.78 is 0. The predicted molar refractivity (Wildman–Crippen MR) is 60.8 cm³/mol. The molecule has 14 heavy (non-hydrogen) atoms. The summed E-state index contributed by atoms with van der Waals surface area (Å²) in [6.07, 6.45) is 1.16. The molecule has 0 aromatic carbocycles. The molecule has 0 aliphatic carbocycles. The van der Waals surface area contributed by atoms with E-state index >= 15 is 0 Å². The van der Waals surface area contributed by atoms with Gasteiger partial charge in [0.15, 0.2) is 0 Å². The molecule has 1 atom stereocenters. The fourth-order valence-electron chi connectivity index (χ4n) is 1.37. The average Bonchev–Trinajstić information content (AvgIpc) is 2.54. The normalized spacial score (nSPS) is 21.1. The van der Waals surface area contributed by atoms with E-state index in [2.05, 4.69) is 15.3 Å². The summed E-state index contributed by atoms with van der Waals surface area (Å²) in [4.78, 5) is 7.86. The predicted octanol–water partition coefficient (Wildman–Crippen LogP) is 1.63. The number of hydrogen-bond acceptors (Lipinski definition) is 5. The zero-order valence-corrected chi connectivity index (χ0v) is 9.11. The maximum absolute atomic E-state index is 5.76. The van der Waals surface area contributed by atoms with E-state index in [9.17, 15) is 0 Å². The fraction of sp³-hybridized carbons (Fsp3) is 0.500. The fourth-order valence-corrected chi connectivity index (χ4v) is 2.71. The van der Waals surface area contributed by atoms with E-state index < -0.39 is 0 Å². The van der Waals surface area contributed by atoms with Crippen molar-refractivity contribution in [2.45, 2.75) is 12.5 Å². The van der Waals surface area contributed by atoms with Gasteiger partial charge in [-0.15, -0.1) is 0 Å². The number of halogens is 1. The number of anilines is 2. The van der Waals surface area contributed by atoms with Crippen LogP contribution in [-0.4, -0.2) is 27.5 Å². The second-order valence-corrected chi connectivity index (χ2v) is 4.68. The molecule has 1 saturated heterocycles. The van der Waals surface area contributed by atoms with Crippen LogP contribution in [0.4, 0.5) is 11.8 Å². The number of nitrogens with one attached hydrogen (secondary N) is 1. The first-order chi connectivity index (χ1) is 6.74. The molecule has 0 bridgehead atoms. The summed E-state index contributed by atoms with van der Waals surface area (Å²) in [7, 11) is 0. The van der Waals surface area contributed by atoms with Gasteiger partial charge in [-0.3, -0.25) is 0 Å². The highest BCUT2D eigenvalue weighted by atomic mass is 35.5. The van der Waals surface area contributed by atoms with Gasteiger partial charge in [0.1, 0.15) is 11.0 Å². The Hall–Kier alpha value is -0.680. The minimum atomic E-state index is 0.214. The quantitative estimate of drug-likeness (QED) is 0.757. The molecule has 0 spiro atoms. The summed E-state index contributed by atoms with van der Waals surface area (Å²) in [6, 6.07) is 2.17. The van der Waals surface area contributed by atoms with Gasteiger partial charge in [-0.05, 0) is 12.2 Å². The number of rotatable bonds is 2. The Morgan fingerprint density at radius 1 is 1.57 bits per heavy atom. The van der Waals surface area contributed by atoms with Gasteiger partial charge >= 0.3 is 0 Å². The van der Waals surface area contributed by atoms with Crippen molar-refractivity contribution in [3.8, 4) is 0 Å². The third-order valence-electron chi connectivity index (χ3n) is 1.99. The molecule has 2 rings (SSSR count). The molecular formula is C8H11ClN4S. The molecule has 1 aliphatic rings. The van der Waals surface area contributed by atoms with Gasteiger partial charge in [0.2, 0.25) is 5.95 Å². The monoisotopic (exact) mass is 230 g/mol. The van der Waals surface area contributed by atoms with Gasteiger partial charge < -0.3 is 11.1 Å². The number of thioether (sulfide) groups is 1. The van der Waals surface area contributed by atoms with Crippen LogP contribution < -0.4 is 11.1 Å². The van der Waals surface area contributed by atoms with Gasteiger partial charge in [-0.1, -0.05) is 11.6 Å². The molecular weight excluding hydrogens is 220 g/mol. The summed E-state index contributed by atoms with van der Waals surface area (Å²) >= 11 is 7.70. The zero-order valence-electron chi connectivity index (χ0n) is 7.53. The molecule has 1 unspecified atom stereocenters. The maximum atomic E-state index is 5.76. The summed E-state index contributed by atoms with van der Waals surface area (Å²) in [5, 5.41) is 3.67. The lowest BCUT2D eigenvalue weighted by Crippen LogP contribution is -2.19. The van der Waals surface area contributed by atoms with Crippen LogP contribution in [0.1, 0.15) is 6.42 Å². The van der Waals surface area contributed by atoms with Gasteiger partial charge in [0, 0.05) is 17.9 Å². The lowest BCUT2D eigenvalue weighted by Gasteiger charge is -2.11. The summed E-state index contributed by atoms with van der Waals surface area (Å²) in [6.45, 7) is 0. The molecule has 1 aromatic rings. The second kappa shape index (κ2) is 4.23. The molecule has 76 valence electrons. The Morgan fingerprint density at radius 2 is 2.43 bits per heavy atom. The van der Waals surface area contributed by atoms with Crippen LogP contribution in [0.3, 0.4) is 0 Å². The maximum Gasteiger partial charge on any atom is 0.223 e.